The van der Waals surface area contributed by atoms with Crippen LogP contribution in [0.25, 0.3) is 0 Å². The minimum Gasteiger partial charge on any atom is -0.487 e. The van der Waals surface area contributed by atoms with Gasteiger partial charge in [0.05, 0.1) is 0 Å². The second-order valence-corrected chi connectivity index (χ2v) is 6.88. The molecule has 1 saturated heterocycles. The molecule has 6 heteroatoms. The minimum absolute atomic E-state index is 0.00357. The van der Waals surface area contributed by atoms with Crippen LogP contribution in [0.5, 0.6) is 5.75 Å². The highest BCUT2D eigenvalue weighted by Crippen LogP contribution is 2.23. The second kappa shape index (κ2) is 8.70. The predicted molar refractivity (Wildman–Crippen MR) is 110 cm³/mol. The number of benzene rings is 1. The molecule has 1 aromatic carbocycles. The van der Waals surface area contributed by atoms with E-state index in [1.807, 2.05) is 12.1 Å². The molecule has 4 rings (SSSR count). The van der Waals surface area contributed by atoms with E-state index in [2.05, 4.69) is 26.7 Å². The van der Waals surface area contributed by atoms with Crippen LogP contribution < -0.4 is 9.64 Å². The van der Waals surface area contributed by atoms with Crippen LogP contribution in [-0.4, -0.2) is 35.7 Å². The number of ether oxygens (including phenoxy) is 1. The molecular formula is C23H20FN3O2. The zero-order chi connectivity index (χ0) is 20.1. The largest absolute Gasteiger partial charge is 0.487 e. The van der Waals surface area contributed by atoms with Gasteiger partial charge in [0.15, 0.2) is 23.1 Å². The highest BCUT2D eigenvalue weighted by Gasteiger charge is 2.22. The van der Waals surface area contributed by atoms with Gasteiger partial charge >= 0.3 is 0 Å². The predicted octanol–water partition coefficient (Wildman–Crippen LogP) is 3.55. The average molecular weight is 389 g/mol. The van der Waals surface area contributed by atoms with Crippen LogP contribution in [0.1, 0.15) is 24.8 Å². The van der Waals surface area contributed by atoms with Gasteiger partial charge in [-0.1, -0.05) is 24.1 Å². The van der Waals surface area contributed by atoms with E-state index < -0.39 is 0 Å². The number of carbonyl (C=O) groups is 1. The Morgan fingerprint density at radius 3 is 2.66 bits per heavy atom. The highest BCUT2D eigenvalue weighted by atomic mass is 19.1. The van der Waals surface area contributed by atoms with Crippen LogP contribution in [0.4, 0.5) is 10.2 Å². The molecule has 0 saturated carbocycles. The number of aromatic nitrogens is 1. The summed E-state index contributed by atoms with van der Waals surface area (Å²) in [7, 11) is 0. The first-order valence-corrected chi connectivity index (χ1v) is 9.59. The second-order valence-electron chi connectivity index (χ2n) is 6.88. The van der Waals surface area contributed by atoms with E-state index in [1.165, 1.54) is 6.07 Å². The number of anilines is 1. The Hall–Kier alpha value is -3.46. The molecule has 3 heterocycles. The summed E-state index contributed by atoms with van der Waals surface area (Å²) in [6, 6.07) is 10.3. The van der Waals surface area contributed by atoms with Crippen molar-refractivity contribution in [1.82, 2.24) is 4.98 Å². The molecule has 1 aromatic heterocycles. The first kappa shape index (κ1) is 18.9. The average Bonchev–Trinajstić information content (AvgIpc) is 2.76. The summed E-state index contributed by atoms with van der Waals surface area (Å²) in [5.74, 6) is 6.55. The number of Topliss-reactive ketones (excluding diaryl/α,β-unsaturated/α-hetero) is 1. The summed E-state index contributed by atoms with van der Waals surface area (Å²) in [6.45, 7) is 1.57. The van der Waals surface area contributed by atoms with E-state index in [1.54, 1.807) is 36.7 Å². The van der Waals surface area contributed by atoms with Crippen LogP contribution in [0, 0.1) is 17.7 Å². The van der Waals surface area contributed by atoms with Crippen molar-refractivity contribution in [2.75, 3.05) is 18.0 Å². The van der Waals surface area contributed by atoms with Gasteiger partial charge < -0.3 is 9.64 Å². The summed E-state index contributed by atoms with van der Waals surface area (Å²) in [4.78, 5) is 22.4. The van der Waals surface area contributed by atoms with Gasteiger partial charge in [-0.2, -0.15) is 0 Å². The van der Waals surface area contributed by atoms with E-state index in [9.17, 15) is 9.18 Å². The maximum atomic E-state index is 13.7. The third-order valence-electron chi connectivity index (χ3n) is 4.85. The van der Waals surface area contributed by atoms with Crippen molar-refractivity contribution in [2.45, 2.75) is 25.4 Å². The maximum absolute atomic E-state index is 13.7. The number of ketones is 1. The van der Waals surface area contributed by atoms with Crippen LogP contribution >= 0.6 is 0 Å². The Kier molecular flexibility index (Phi) is 5.66. The fourth-order valence-electron chi connectivity index (χ4n) is 3.26. The monoisotopic (exact) mass is 389 g/mol. The molecule has 0 unspecified atom stereocenters. The molecule has 2 aliphatic heterocycles. The van der Waals surface area contributed by atoms with Gasteiger partial charge in [0.1, 0.15) is 11.9 Å². The summed E-state index contributed by atoms with van der Waals surface area (Å²) < 4.78 is 19.5. The SMILES string of the molecule is O=C1CC=CN=C1C#Cc1ccc(N2CCC(Oc3ccccc3F)CC2)nc1. The van der Waals surface area contributed by atoms with Gasteiger partial charge in [0.2, 0.25) is 0 Å². The molecule has 1 fully saturated rings. The van der Waals surface area contributed by atoms with Crippen molar-refractivity contribution < 1.29 is 13.9 Å². The lowest BCUT2D eigenvalue weighted by Gasteiger charge is -2.33. The molecule has 0 aliphatic carbocycles. The zero-order valence-electron chi connectivity index (χ0n) is 15.8. The van der Waals surface area contributed by atoms with Crippen molar-refractivity contribution in [3.63, 3.8) is 0 Å². The molecule has 0 amide bonds. The Bertz CT molecular complexity index is 1010. The van der Waals surface area contributed by atoms with Gasteiger partial charge in [-0.15, -0.1) is 0 Å². The number of hydrogen-bond donors (Lipinski definition) is 0. The van der Waals surface area contributed by atoms with Crippen molar-refractivity contribution in [1.29, 1.82) is 0 Å². The normalized spacial score (nSPS) is 16.8. The smallest absolute Gasteiger partial charge is 0.193 e. The van der Waals surface area contributed by atoms with E-state index in [4.69, 9.17) is 4.74 Å². The van der Waals surface area contributed by atoms with E-state index >= 15 is 0 Å². The number of hydrogen-bond acceptors (Lipinski definition) is 5. The molecule has 0 radical (unpaired) electrons. The molecule has 0 N–H and O–H groups in total. The molecular weight excluding hydrogens is 369 g/mol. The molecule has 0 spiro atoms. The Balaban J connectivity index is 1.34. The standard InChI is InChI=1S/C23H20FN3O2/c24-19-4-1-2-6-22(19)29-18-11-14-27(15-12-18)23-10-8-17(16-26-23)7-9-20-21(28)5-3-13-25-20/h1-4,6,8,10,13,16,18H,5,11-12,14-15H2. The Labute approximate surface area is 168 Å². The van der Waals surface area contributed by atoms with Gasteiger partial charge in [0.25, 0.3) is 0 Å². The van der Waals surface area contributed by atoms with Crippen molar-refractivity contribution in [3.05, 3.63) is 66.3 Å². The van der Waals surface area contributed by atoms with Gasteiger partial charge in [-0.3, -0.25) is 4.79 Å². The van der Waals surface area contributed by atoms with E-state index in [-0.39, 0.29) is 23.4 Å². The number of para-hydroxylation sites is 1. The lowest BCUT2D eigenvalue weighted by atomic mass is 10.1. The van der Waals surface area contributed by atoms with Crippen LogP contribution in [-0.2, 0) is 4.79 Å². The van der Waals surface area contributed by atoms with Crippen molar-refractivity contribution >= 4 is 17.3 Å². The third-order valence-corrected chi connectivity index (χ3v) is 4.85. The molecule has 2 aromatic rings. The summed E-state index contributed by atoms with van der Waals surface area (Å²) >= 11 is 0. The topological polar surface area (TPSA) is 54.8 Å². The first-order valence-electron chi connectivity index (χ1n) is 9.59. The molecule has 0 atom stereocenters. The Morgan fingerprint density at radius 1 is 1.10 bits per heavy atom. The number of rotatable bonds is 3. The molecule has 0 bridgehead atoms. The van der Waals surface area contributed by atoms with Gasteiger partial charge in [-0.25, -0.2) is 14.4 Å². The number of piperidine rings is 1. The number of nitrogens with zero attached hydrogens (tertiary/aromatic N) is 3. The lowest BCUT2D eigenvalue weighted by Crippen LogP contribution is -2.38. The molecule has 146 valence electrons. The fraction of sp³-hybridized carbons (Fsp3) is 0.261. The number of halogens is 1. The number of aliphatic imine (C=N–C) groups is 1. The molecule has 5 nitrogen and oxygen atoms in total. The Morgan fingerprint density at radius 2 is 1.93 bits per heavy atom. The van der Waals surface area contributed by atoms with Crippen molar-refractivity contribution in [2.24, 2.45) is 4.99 Å². The van der Waals surface area contributed by atoms with Crippen LogP contribution in [0.2, 0.25) is 0 Å². The number of pyridine rings is 1. The number of carbonyl (C=O) groups excluding carboxylic acids is 1. The van der Waals surface area contributed by atoms with Gasteiger partial charge in [0, 0.05) is 50.3 Å². The first-order chi connectivity index (χ1) is 14.2. The number of allylic oxidation sites excluding steroid dienone is 1. The minimum atomic E-state index is -0.329. The molecule has 2 aliphatic rings. The van der Waals surface area contributed by atoms with E-state index in [0.717, 1.165) is 37.3 Å². The van der Waals surface area contributed by atoms with Crippen LogP contribution in [0.3, 0.4) is 0 Å². The zero-order valence-corrected chi connectivity index (χ0v) is 15.8. The highest BCUT2D eigenvalue weighted by molar-refractivity contribution is 6.47. The summed E-state index contributed by atoms with van der Waals surface area (Å²) in [5.41, 5.74) is 1.02. The quantitative estimate of drug-likeness (QED) is 0.754. The van der Waals surface area contributed by atoms with Crippen LogP contribution in [0.15, 0.2) is 59.9 Å². The maximum Gasteiger partial charge on any atom is 0.193 e. The lowest BCUT2D eigenvalue weighted by molar-refractivity contribution is -0.112. The van der Waals surface area contributed by atoms with Crippen molar-refractivity contribution in [3.8, 4) is 17.6 Å². The van der Waals surface area contributed by atoms with Gasteiger partial charge in [-0.05, 0) is 30.2 Å². The van der Waals surface area contributed by atoms with E-state index in [0.29, 0.717) is 12.2 Å². The summed E-state index contributed by atoms with van der Waals surface area (Å²) in [5, 5.41) is 0. The fourth-order valence-corrected chi connectivity index (χ4v) is 3.26. The summed E-state index contributed by atoms with van der Waals surface area (Å²) in [6.07, 6.45) is 6.96. The molecule has 29 heavy (non-hydrogen) atoms. The third kappa shape index (κ3) is 4.69.